The molecule has 0 aromatic heterocycles. The van der Waals surface area contributed by atoms with E-state index in [0.717, 1.165) is 25.2 Å². The van der Waals surface area contributed by atoms with Gasteiger partial charge in [0.25, 0.3) is 0 Å². The normalized spacial score (nSPS) is 16.2. The number of hydrogen-bond acceptors (Lipinski definition) is 2. The van der Waals surface area contributed by atoms with Crippen molar-refractivity contribution < 1.29 is 4.39 Å². The predicted octanol–water partition coefficient (Wildman–Crippen LogP) is 3.38. The molecule has 0 aliphatic carbocycles. The highest BCUT2D eigenvalue weighted by Crippen LogP contribution is 2.10. The first-order valence-electron chi connectivity index (χ1n) is 7.77. The van der Waals surface area contributed by atoms with Crippen LogP contribution in [0.15, 0.2) is 24.3 Å². The van der Waals surface area contributed by atoms with Gasteiger partial charge in [0, 0.05) is 12.2 Å². The Hall–Kier alpha value is -1.20. The highest BCUT2D eigenvalue weighted by molar-refractivity contribution is 7.80. The van der Waals surface area contributed by atoms with Gasteiger partial charge in [-0.15, -0.1) is 0 Å². The molecule has 2 N–H and O–H groups in total. The second-order valence-electron chi connectivity index (χ2n) is 5.50. The van der Waals surface area contributed by atoms with E-state index >= 15 is 0 Å². The molecule has 0 unspecified atom stereocenters. The van der Waals surface area contributed by atoms with E-state index in [0.29, 0.717) is 5.11 Å². The zero-order valence-electron chi connectivity index (χ0n) is 12.4. The Morgan fingerprint density at radius 3 is 2.43 bits per heavy atom. The van der Waals surface area contributed by atoms with Crippen molar-refractivity contribution in [2.75, 3.05) is 31.5 Å². The van der Waals surface area contributed by atoms with Gasteiger partial charge in [-0.1, -0.05) is 12.8 Å². The second kappa shape index (κ2) is 8.95. The molecule has 1 aromatic rings. The largest absolute Gasteiger partial charge is 0.362 e. The molecule has 0 amide bonds. The molecule has 2 rings (SSSR count). The number of hydrogen-bond donors (Lipinski definition) is 2. The summed E-state index contributed by atoms with van der Waals surface area (Å²) in [5.74, 6) is -0.239. The molecule has 0 radical (unpaired) electrons. The number of anilines is 1. The first kappa shape index (κ1) is 16.2. The molecule has 0 saturated carbocycles. The maximum absolute atomic E-state index is 12.8. The lowest BCUT2D eigenvalue weighted by molar-refractivity contribution is 0.282. The first-order valence-corrected chi connectivity index (χ1v) is 8.17. The summed E-state index contributed by atoms with van der Waals surface area (Å²) < 4.78 is 12.8. The molecule has 3 nitrogen and oxygen atoms in total. The molecule has 1 aliphatic heterocycles. The Morgan fingerprint density at radius 2 is 1.76 bits per heavy atom. The molecule has 21 heavy (non-hydrogen) atoms. The van der Waals surface area contributed by atoms with E-state index < -0.39 is 0 Å². The Kier molecular flexibility index (Phi) is 6.89. The molecule has 1 aromatic carbocycles. The van der Waals surface area contributed by atoms with Crippen LogP contribution in [-0.2, 0) is 0 Å². The lowest BCUT2D eigenvalue weighted by Gasteiger charge is -2.19. The zero-order valence-corrected chi connectivity index (χ0v) is 13.2. The number of nitrogens with one attached hydrogen (secondary N) is 2. The summed E-state index contributed by atoms with van der Waals surface area (Å²) in [4.78, 5) is 2.55. The number of likely N-dealkylation sites (tertiary alicyclic amines) is 1. The van der Waals surface area contributed by atoms with Crippen LogP contribution >= 0.6 is 12.2 Å². The Balaban J connectivity index is 1.59. The van der Waals surface area contributed by atoms with Crippen LogP contribution in [0.25, 0.3) is 0 Å². The fraction of sp³-hybridized carbons (Fsp3) is 0.562. The highest BCUT2D eigenvalue weighted by Gasteiger charge is 2.08. The number of rotatable bonds is 5. The molecule has 0 bridgehead atoms. The zero-order chi connectivity index (χ0) is 14.9. The van der Waals surface area contributed by atoms with Crippen molar-refractivity contribution in [3.05, 3.63) is 30.1 Å². The third-order valence-corrected chi connectivity index (χ3v) is 3.98. The number of benzene rings is 1. The van der Waals surface area contributed by atoms with E-state index in [4.69, 9.17) is 12.2 Å². The van der Waals surface area contributed by atoms with Crippen LogP contribution in [0, 0.1) is 5.82 Å². The van der Waals surface area contributed by atoms with Gasteiger partial charge < -0.3 is 15.5 Å². The lowest BCUT2D eigenvalue weighted by Crippen LogP contribution is -2.32. The number of nitrogens with zero attached hydrogens (tertiary/aromatic N) is 1. The molecular formula is C16H24FN3S. The van der Waals surface area contributed by atoms with Crippen molar-refractivity contribution in [1.29, 1.82) is 0 Å². The van der Waals surface area contributed by atoms with Crippen LogP contribution in [0.2, 0.25) is 0 Å². The minimum atomic E-state index is -0.239. The molecule has 1 saturated heterocycles. The molecule has 1 fully saturated rings. The van der Waals surface area contributed by atoms with Gasteiger partial charge in [-0.05, 0) is 75.4 Å². The Labute approximate surface area is 131 Å². The van der Waals surface area contributed by atoms with Crippen LogP contribution in [0.1, 0.15) is 32.1 Å². The fourth-order valence-electron chi connectivity index (χ4n) is 2.57. The third kappa shape index (κ3) is 6.40. The summed E-state index contributed by atoms with van der Waals surface area (Å²) in [5.41, 5.74) is 0.807. The molecule has 1 aliphatic rings. The quantitative estimate of drug-likeness (QED) is 0.644. The van der Waals surface area contributed by atoms with Crippen LogP contribution in [0.3, 0.4) is 0 Å². The van der Waals surface area contributed by atoms with Crippen LogP contribution < -0.4 is 10.6 Å². The van der Waals surface area contributed by atoms with E-state index in [1.807, 2.05) is 0 Å². The van der Waals surface area contributed by atoms with Gasteiger partial charge in [-0.3, -0.25) is 0 Å². The average Bonchev–Trinajstić information content (AvgIpc) is 2.75. The van der Waals surface area contributed by atoms with Crippen molar-refractivity contribution in [1.82, 2.24) is 10.2 Å². The summed E-state index contributed by atoms with van der Waals surface area (Å²) >= 11 is 5.23. The van der Waals surface area contributed by atoms with E-state index in [9.17, 15) is 4.39 Å². The van der Waals surface area contributed by atoms with Gasteiger partial charge >= 0.3 is 0 Å². The summed E-state index contributed by atoms with van der Waals surface area (Å²) in [6.07, 6.45) is 6.50. The predicted molar refractivity (Wildman–Crippen MR) is 90.1 cm³/mol. The van der Waals surface area contributed by atoms with E-state index in [1.54, 1.807) is 12.1 Å². The van der Waals surface area contributed by atoms with Crippen molar-refractivity contribution in [3.8, 4) is 0 Å². The smallest absolute Gasteiger partial charge is 0.170 e. The monoisotopic (exact) mass is 309 g/mol. The minimum Gasteiger partial charge on any atom is -0.362 e. The van der Waals surface area contributed by atoms with Crippen molar-refractivity contribution >= 4 is 23.0 Å². The SMILES string of the molecule is Fc1ccc(NC(=S)NCCCN2CCCCCC2)cc1. The van der Waals surface area contributed by atoms with Gasteiger partial charge in [0.15, 0.2) is 5.11 Å². The number of thiocarbonyl (C=S) groups is 1. The topological polar surface area (TPSA) is 27.3 Å². The van der Waals surface area contributed by atoms with Crippen molar-refractivity contribution in [2.45, 2.75) is 32.1 Å². The van der Waals surface area contributed by atoms with Crippen LogP contribution in [-0.4, -0.2) is 36.2 Å². The Bertz CT molecular complexity index is 428. The standard InChI is InChI=1S/C16H24FN3S/c17-14-6-8-15(9-7-14)19-16(21)18-10-5-13-20-11-3-1-2-4-12-20/h6-9H,1-5,10-13H2,(H2,18,19,21). The van der Waals surface area contributed by atoms with E-state index in [2.05, 4.69) is 15.5 Å². The van der Waals surface area contributed by atoms with Gasteiger partial charge in [0.05, 0.1) is 0 Å². The fourth-order valence-corrected chi connectivity index (χ4v) is 2.79. The van der Waals surface area contributed by atoms with Crippen LogP contribution in [0.4, 0.5) is 10.1 Å². The summed E-state index contributed by atoms with van der Waals surface area (Å²) in [6, 6.07) is 6.20. The molecule has 0 atom stereocenters. The van der Waals surface area contributed by atoms with E-state index in [1.165, 1.54) is 50.9 Å². The maximum atomic E-state index is 12.8. The van der Waals surface area contributed by atoms with Crippen LogP contribution in [0.5, 0.6) is 0 Å². The molecule has 5 heteroatoms. The Morgan fingerprint density at radius 1 is 1.10 bits per heavy atom. The maximum Gasteiger partial charge on any atom is 0.170 e. The molecule has 116 valence electrons. The second-order valence-corrected chi connectivity index (χ2v) is 5.91. The average molecular weight is 309 g/mol. The van der Waals surface area contributed by atoms with Gasteiger partial charge in [-0.25, -0.2) is 4.39 Å². The lowest BCUT2D eigenvalue weighted by atomic mass is 10.2. The first-order chi connectivity index (χ1) is 10.2. The summed E-state index contributed by atoms with van der Waals surface area (Å²) in [7, 11) is 0. The van der Waals surface area contributed by atoms with Crippen molar-refractivity contribution in [3.63, 3.8) is 0 Å². The van der Waals surface area contributed by atoms with Gasteiger partial charge in [-0.2, -0.15) is 0 Å². The molecular weight excluding hydrogens is 285 g/mol. The summed E-state index contributed by atoms with van der Waals surface area (Å²) in [6.45, 7) is 4.46. The highest BCUT2D eigenvalue weighted by atomic mass is 32.1. The van der Waals surface area contributed by atoms with E-state index in [-0.39, 0.29) is 5.82 Å². The van der Waals surface area contributed by atoms with Gasteiger partial charge in [0.2, 0.25) is 0 Å². The van der Waals surface area contributed by atoms with Gasteiger partial charge in [0.1, 0.15) is 5.82 Å². The number of halogens is 1. The minimum absolute atomic E-state index is 0.239. The molecule has 1 heterocycles. The summed E-state index contributed by atoms with van der Waals surface area (Å²) in [5, 5.41) is 6.85. The molecule has 0 spiro atoms. The van der Waals surface area contributed by atoms with Crippen molar-refractivity contribution in [2.24, 2.45) is 0 Å². The third-order valence-electron chi connectivity index (χ3n) is 3.74.